The van der Waals surface area contributed by atoms with Crippen molar-refractivity contribution in [2.75, 3.05) is 0 Å². The molecule has 0 spiro atoms. The van der Waals surface area contributed by atoms with Crippen LogP contribution in [-0.4, -0.2) is 6.10 Å². The van der Waals surface area contributed by atoms with Crippen LogP contribution < -0.4 is 0 Å². The van der Waals surface area contributed by atoms with Crippen LogP contribution in [-0.2, 0) is 11.3 Å². The number of benzene rings is 1. The summed E-state index contributed by atoms with van der Waals surface area (Å²) in [6.07, 6.45) is 2.62. The van der Waals surface area contributed by atoms with Gasteiger partial charge in [-0.2, -0.15) is 0 Å². The van der Waals surface area contributed by atoms with Crippen LogP contribution in [0.25, 0.3) is 0 Å². The van der Waals surface area contributed by atoms with Crippen molar-refractivity contribution in [3.8, 4) is 0 Å². The lowest BCUT2D eigenvalue weighted by molar-refractivity contribution is 0.104. The van der Waals surface area contributed by atoms with Crippen molar-refractivity contribution in [2.45, 2.75) is 25.6 Å². The number of rotatable bonds is 3. The van der Waals surface area contributed by atoms with Crippen molar-refractivity contribution in [1.82, 2.24) is 0 Å². The molecule has 1 aliphatic carbocycles. The van der Waals surface area contributed by atoms with Gasteiger partial charge < -0.3 is 4.74 Å². The van der Waals surface area contributed by atoms with Gasteiger partial charge in [0.15, 0.2) is 0 Å². The third kappa shape index (κ3) is 2.51. The van der Waals surface area contributed by atoms with E-state index in [-0.39, 0.29) is 5.82 Å². The van der Waals surface area contributed by atoms with E-state index in [4.69, 9.17) is 4.74 Å². The Bertz CT molecular complexity index is 310. The van der Waals surface area contributed by atoms with Crippen LogP contribution >= 0.6 is 15.9 Å². The van der Waals surface area contributed by atoms with E-state index in [2.05, 4.69) is 15.9 Å². The summed E-state index contributed by atoms with van der Waals surface area (Å²) in [5, 5.41) is 0. The predicted octanol–water partition coefficient (Wildman–Crippen LogP) is 3.27. The largest absolute Gasteiger partial charge is 0.373 e. The first kappa shape index (κ1) is 9.16. The van der Waals surface area contributed by atoms with Crippen LogP contribution in [0.4, 0.5) is 4.39 Å². The van der Waals surface area contributed by atoms with Crippen molar-refractivity contribution in [2.24, 2.45) is 0 Å². The predicted molar refractivity (Wildman–Crippen MR) is 51.9 cm³/mol. The van der Waals surface area contributed by atoms with Gasteiger partial charge in [-0.3, -0.25) is 0 Å². The van der Waals surface area contributed by atoms with E-state index in [1.54, 1.807) is 6.07 Å². The highest BCUT2D eigenvalue weighted by molar-refractivity contribution is 9.10. The molecule has 0 saturated heterocycles. The highest BCUT2D eigenvalue weighted by atomic mass is 79.9. The molecule has 0 atom stereocenters. The Kier molecular flexibility index (Phi) is 2.65. The van der Waals surface area contributed by atoms with Crippen LogP contribution in [0, 0.1) is 5.82 Å². The zero-order chi connectivity index (χ0) is 9.26. The minimum atomic E-state index is -0.199. The van der Waals surface area contributed by atoms with Gasteiger partial charge in [-0.05, 0) is 25.0 Å². The van der Waals surface area contributed by atoms with Crippen LogP contribution in [0.15, 0.2) is 22.7 Å². The highest BCUT2D eigenvalue weighted by Gasteiger charge is 2.22. The first-order valence-electron chi connectivity index (χ1n) is 4.31. The number of hydrogen-bond donors (Lipinski definition) is 0. The van der Waals surface area contributed by atoms with Crippen molar-refractivity contribution in [3.63, 3.8) is 0 Å². The molecule has 0 aromatic heterocycles. The molecule has 1 aromatic rings. The number of ether oxygens (including phenoxy) is 1. The van der Waals surface area contributed by atoms with Gasteiger partial charge >= 0.3 is 0 Å². The minimum absolute atomic E-state index is 0.199. The second kappa shape index (κ2) is 3.76. The molecule has 1 nitrogen and oxygen atoms in total. The molecule has 0 aliphatic heterocycles. The Labute approximate surface area is 85.0 Å². The van der Waals surface area contributed by atoms with E-state index >= 15 is 0 Å². The summed E-state index contributed by atoms with van der Waals surface area (Å²) >= 11 is 3.21. The Morgan fingerprint density at radius 2 is 2.23 bits per heavy atom. The SMILES string of the molecule is Fc1cc(Br)ccc1COC1CC1. The summed E-state index contributed by atoms with van der Waals surface area (Å²) in [6, 6.07) is 5.04. The molecule has 13 heavy (non-hydrogen) atoms. The van der Waals surface area contributed by atoms with Crippen molar-refractivity contribution >= 4 is 15.9 Å². The summed E-state index contributed by atoms with van der Waals surface area (Å²) < 4.78 is 19.4. The Morgan fingerprint density at radius 3 is 2.85 bits per heavy atom. The second-order valence-corrected chi connectivity index (χ2v) is 4.16. The first-order chi connectivity index (χ1) is 6.25. The lowest BCUT2D eigenvalue weighted by Crippen LogP contribution is -1.97. The van der Waals surface area contributed by atoms with Crippen LogP contribution in [0.3, 0.4) is 0 Å². The van der Waals surface area contributed by atoms with Gasteiger partial charge in [0.25, 0.3) is 0 Å². The molecule has 1 aliphatic rings. The average molecular weight is 245 g/mol. The molecular weight excluding hydrogens is 235 g/mol. The molecule has 2 rings (SSSR count). The van der Waals surface area contributed by atoms with E-state index in [9.17, 15) is 4.39 Å². The quantitative estimate of drug-likeness (QED) is 0.794. The fourth-order valence-corrected chi connectivity index (χ4v) is 1.41. The molecule has 0 bridgehead atoms. The van der Waals surface area contributed by atoms with E-state index in [0.29, 0.717) is 18.3 Å². The summed E-state index contributed by atoms with van der Waals surface area (Å²) in [4.78, 5) is 0. The van der Waals surface area contributed by atoms with Crippen LogP contribution in [0.1, 0.15) is 18.4 Å². The Morgan fingerprint density at radius 1 is 1.46 bits per heavy atom. The number of halogens is 2. The van der Waals surface area contributed by atoms with Crippen molar-refractivity contribution in [3.05, 3.63) is 34.1 Å². The molecule has 3 heteroatoms. The summed E-state index contributed by atoms with van der Waals surface area (Å²) in [5.41, 5.74) is 0.634. The zero-order valence-electron chi connectivity index (χ0n) is 7.09. The van der Waals surface area contributed by atoms with Gasteiger partial charge in [0, 0.05) is 10.0 Å². The highest BCUT2D eigenvalue weighted by Crippen LogP contribution is 2.25. The van der Waals surface area contributed by atoms with E-state index in [1.165, 1.54) is 6.07 Å². The molecule has 1 fully saturated rings. The normalized spacial score (nSPS) is 16.2. The summed E-state index contributed by atoms with van der Waals surface area (Å²) in [7, 11) is 0. The maximum Gasteiger partial charge on any atom is 0.129 e. The lowest BCUT2D eigenvalue weighted by Gasteiger charge is -2.03. The van der Waals surface area contributed by atoms with Gasteiger partial charge in [0.1, 0.15) is 5.82 Å². The Hall–Kier alpha value is -0.410. The molecule has 70 valence electrons. The van der Waals surface area contributed by atoms with E-state index < -0.39 is 0 Å². The molecule has 0 heterocycles. The maximum absolute atomic E-state index is 13.2. The molecule has 0 amide bonds. The molecule has 1 aromatic carbocycles. The topological polar surface area (TPSA) is 9.23 Å². The van der Waals surface area contributed by atoms with Crippen LogP contribution in [0.2, 0.25) is 0 Å². The third-order valence-corrected chi connectivity index (χ3v) is 2.51. The fraction of sp³-hybridized carbons (Fsp3) is 0.400. The van der Waals surface area contributed by atoms with Gasteiger partial charge in [-0.25, -0.2) is 4.39 Å². The zero-order valence-corrected chi connectivity index (χ0v) is 8.68. The lowest BCUT2D eigenvalue weighted by atomic mass is 10.2. The van der Waals surface area contributed by atoms with Crippen LogP contribution in [0.5, 0.6) is 0 Å². The molecule has 0 unspecified atom stereocenters. The average Bonchev–Trinajstić information content (AvgIpc) is 2.86. The number of hydrogen-bond acceptors (Lipinski definition) is 1. The first-order valence-corrected chi connectivity index (χ1v) is 5.10. The van der Waals surface area contributed by atoms with Gasteiger partial charge in [-0.15, -0.1) is 0 Å². The summed E-state index contributed by atoms with van der Waals surface area (Å²) in [5.74, 6) is -0.199. The van der Waals surface area contributed by atoms with Gasteiger partial charge in [0.05, 0.1) is 12.7 Å². The van der Waals surface area contributed by atoms with Gasteiger partial charge in [0.2, 0.25) is 0 Å². The molecule has 0 N–H and O–H groups in total. The summed E-state index contributed by atoms with van der Waals surface area (Å²) in [6.45, 7) is 0.393. The fourth-order valence-electron chi connectivity index (χ4n) is 1.08. The minimum Gasteiger partial charge on any atom is -0.373 e. The monoisotopic (exact) mass is 244 g/mol. The maximum atomic E-state index is 13.2. The standard InChI is InChI=1S/C10H10BrFO/c11-8-2-1-7(10(12)5-8)6-13-9-3-4-9/h1-2,5,9H,3-4,6H2. The third-order valence-electron chi connectivity index (χ3n) is 2.01. The second-order valence-electron chi connectivity index (χ2n) is 3.25. The van der Waals surface area contributed by atoms with E-state index in [1.807, 2.05) is 6.07 Å². The Balaban J connectivity index is 2.01. The molecular formula is C10H10BrFO. The molecule has 1 saturated carbocycles. The van der Waals surface area contributed by atoms with Gasteiger partial charge in [-0.1, -0.05) is 22.0 Å². The van der Waals surface area contributed by atoms with Crippen molar-refractivity contribution in [1.29, 1.82) is 0 Å². The van der Waals surface area contributed by atoms with Crippen molar-refractivity contribution < 1.29 is 9.13 Å². The molecule has 0 radical (unpaired) electrons. The van der Waals surface area contributed by atoms with E-state index in [0.717, 1.165) is 17.3 Å². The smallest absolute Gasteiger partial charge is 0.129 e.